The molecule has 8 heteroatoms. The van der Waals surface area contributed by atoms with Gasteiger partial charge in [-0.1, -0.05) is 56.2 Å². The molecule has 6 rings (SSSR count). The van der Waals surface area contributed by atoms with E-state index in [0.717, 1.165) is 39.8 Å². The quantitative estimate of drug-likeness (QED) is 0.124. The summed E-state index contributed by atoms with van der Waals surface area (Å²) in [5.41, 5.74) is 7.27. The van der Waals surface area contributed by atoms with Crippen LogP contribution in [0.25, 0.3) is 6.08 Å². The fraction of sp³-hybridized carbons (Fsp3) is 0.368. The second-order valence-corrected chi connectivity index (χ2v) is 13.9. The van der Waals surface area contributed by atoms with E-state index in [-0.39, 0.29) is 41.4 Å². The summed E-state index contributed by atoms with van der Waals surface area (Å²) in [6.45, 7) is 6.98. The largest absolute Gasteiger partial charge is 0.504 e. The predicted molar refractivity (Wildman–Crippen MR) is 190 cm³/mol. The van der Waals surface area contributed by atoms with Crippen LogP contribution >= 0.6 is 22.6 Å². The van der Waals surface area contributed by atoms with Crippen molar-refractivity contribution in [3.63, 3.8) is 0 Å². The number of hydrogen-bond acceptors (Lipinski definition) is 6. The normalized spacial score (nSPS) is 22.8. The minimum atomic E-state index is -0.398. The molecule has 0 unspecified atom stereocenters. The van der Waals surface area contributed by atoms with Crippen LogP contribution < -0.4 is 15.0 Å². The van der Waals surface area contributed by atoms with Crippen LogP contribution in [0.4, 0.5) is 17.1 Å². The number of hydrogen-bond donors (Lipinski definition) is 2. The second-order valence-electron chi connectivity index (χ2n) is 12.7. The molecule has 0 spiro atoms. The van der Waals surface area contributed by atoms with Gasteiger partial charge in [-0.05, 0) is 114 Å². The first-order valence-electron chi connectivity index (χ1n) is 16.1. The first kappa shape index (κ1) is 32.3. The van der Waals surface area contributed by atoms with Gasteiger partial charge in [0.05, 0.1) is 40.9 Å². The van der Waals surface area contributed by atoms with Crippen LogP contribution in [0.5, 0.6) is 11.5 Å². The number of rotatable bonds is 10. The number of phenolic OH excluding ortho intramolecular Hbond substituents is 1. The van der Waals surface area contributed by atoms with E-state index in [4.69, 9.17) is 9.47 Å². The number of imide groups is 1. The Kier molecular flexibility index (Phi) is 9.57. The van der Waals surface area contributed by atoms with Crippen LogP contribution in [0.15, 0.2) is 83.4 Å². The molecule has 4 atom stereocenters. The van der Waals surface area contributed by atoms with Gasteiger partial charge >= 0.3 is 0 Å². The van der Waals surface area contributed by atoms with Crippen molar-refractivity contribution in [3.8, 4) is 11.5 Å². The maximum atomic E-state index is 14.0. The molecule has 1 aliphatic carbocycles. The summed E-state index contributed by atoms with van der Waals surface area (Å²) in [4.78, 5) is 29.3. The van der Waals surface area contributed by atoms with Crippen molar-refractivity contribution in [2.75, 3.05) is 23.9 Å². The Labute approximate surface area is 284 Å². The molecule has 0 saturated carbocycles. The highest BCUT2D eigenvalue weighted by atomic mass is 127. The van der Waals surface area contributed by atoms with Crippen molar-refractivity contribution in [1.82, 2.24) is 0 Å². The highest BCUT2D eigenvalue weighted by Gasteiger charge is 2.57. The number of anilines is 3. The number of carbonyl (C=O) groups excluding carboxylic acids is 2. The summed E-state index contributed by atoms with van der Waals surface area (Å²) < 4.78 is 12.6. The molecule has 2 fully saturated rings. The number of amides is 2. The third kappa shape index (κ3) is 6.21. The lowest BCUT2D eigenvalue weighted by Crippen LogP contribution is -2.35. The Bertz CT molecular complexity index is 1680. The summed E-state index contributed by atoms with van der Waals surface area (Å²) in [5, 5.41) is 13.6. The Balaban J connectivity index is 1.20. The number of nitrogens with one attached hydrogen (secondary N) is 1. The number of aromatic hydroxyl groups is 1. The average molecular weight is 733 g/mol. The van der Waals surface area contributed by atoms with E-state index in [0.29, 0.717) is 24.5 Å². The van der Waals surface area contributed by atoms with Crippen molar-refractivity contribution < 1.29 is 24.2 Å². The standard InChI is InChI=1S/C38H41IN2O5/c1-5-23(17-24-18-31(39)36(42)33(19-24)45-4)11-16-32-34-28(22(2)3)20-29-35(30(34)21-46-32)38(44)41(37(29)43)27-14-12-26(13-15-27)40-25-9-7-6-8-10-25/h6-10,12-15,17-19,22,29-30,32,35,40,42H,5,11,16,20-21H2,1-4H3/b23-17+/t29-,30+,32-,35-/m1/s1. The summed E-state index contributed by atoms with van der Waals surface area (Å²) in [5.74, 6) is -0.181. The van der Waals surface area contributed by atoms with Crippen LogP contribution in [0.1, 0.15) is 52.0 Å². The van der Waals surface area contributed by atoms with E-state index in [1.807, 2.05) is 66.7 Å². The van der Waals surface area contributed by atoms with E-state index >= 15 is 0 Å². The lowest BCUT2D eigenvalue weighted by molar-refractivity contribution is -0.122. The van der Waals surface area contributed by atoms with Crippen molar-refractivity contribution in [2.45, 2.75) is 52.6 Å². The molecule has 2 N–H and O–H groups in total. The number of nitrogens with zero attached hydrogens (tertiary/aromatic N) is 1. The molecule has 2 saturated heterocycles. The van der Waals surface area contributed by atoms with Gasteiger partial charge in [0.2, 0.25) is 11.8 Å². The molecule has 0 aromatic heterocycles. The van der Waals surface area contributed by atoms with Gasteiger partial charge in [0.25, 0.3) is 0 Å². The maximum Gasteiger partial charge on any atom is 0.238 e. The number of allylic oxidation sites excluding steroid dienone is 2. The molecular formula is C38H41IN2O5. The van der Waals surface area contributed by atoms with E-state index < -0.39 is 5.92 Å². The van der Waals surface area contributed by atoms with E-state index in [9.17, 15) is 14.7 Å². The van der Waals surface area contributed by atoms with Crippen LogP contribution in [0, 0.1) is 27.2 Å². The number of phenols is 1. The van der Waals surface area contributed by atoms with Crippen molar-refractivity contribution in [3.05, 3.63) is 92.6 Å². The Morgan fingerprint density at radius 2 is 1.78 bits per heavy atom. The average Bonchev–Trinajstić information content (AvgIpc) is 3.59. The summed E-state index contributed by atoms with van der Waals surface area (Å²) in [6.07, 6.45) is 5.24. The molecule has 2 heterocycles. The third-order valence-corrected chi connectivity index (χ3v) is 10.5. The molecule has 240 valence electrons. The van der Waals surface area contributed by atoms with E-state index in [1.54, 1.807) is 7.11 Å². The van der Waals surface area contributed by atoms with Gasteiger partial charge in [0.1, 0.15) is 0 Å². The minimum Gasteiger partial charge on any atom is -0.504 e. The molecule has 3 aliphatic rings. The fourth-order valence-corrected chi connectivity index (χ4v) is 7.96. The Hall–Kier alpha value is -3.63. The zero-order valence-corrected chi connectivity index (χ0v) is 28.9. The molecule has 3 aromatic rings. The van der Waals surface area contributed by atoms with Crippen molar-refractivity contribution in [1.29, 1.82) is 0 Å². The zero-order valence-electron chi connectivity index (χ0n) is 26.8. The van der Waals surface area contributed by atoms with Gasteiger partial charge in [-0.3, -0.25) is 14.5 Å². The number of ether oxygens (including phenoxy) is 2. The van der Waals surface area contributed by atoms with Crippen molar-refractivity contribution in [2.24, 2.45) is 23.7 Å². The van der Waals surface area contributed by atoms with Crippen LogP contribution in [0.3, 0.4) is 0 Å². The number of benzene rings is 3. The maximum absolute atomic E-state index is 14.0. The summed E-state index contributed by atoms with van der Waals surface area (Å²) in [6, 6.07) is 21.3. The number of carbonyl (C=O) groups is 2. The lowest BCUT2D eigenvalue weighted by Gasteiger charge is -2.33. The van der Waals surface area contributed by atoms with Gasteiger partial charge in [-0.15, -0.1) is 0 Å². The minimum absolute atomic E-state index is 0.0758. The molecule has 0 radical (unpaired) electrons. The highest BCUT2D eigenvalue weighted by Crippen LogP contribution is 2.52. The highest BCUT2D eigenvalue weighted by molar-refractivity contribution is 14.1. The molecule has 46 heavy (non-hydrogen) atoms. The predicted octanol–water partition coefficient (Wildman–Crippen LogP) is 8.50. The van der Waals surface area contributed by atoms with Gasteiger partial charge < -0.3 is 19.9 Å². The zero-order chi connectivity index (χ0) is 32.5. The fourth-order valence-electron chi connectivity index (χ4n) is 7.33. The van der Waals surface area contributed by atoms with Crippen molar-refractivity contribution >= 4 is 57.5 Å². The smallest absolute Gasteiger partial charge is 0.238 e. The topological polar surface area (TPSA) is 88.1 Å². The summed E-state index contributed by atoms with van der Waals surface area (Å²) in [7, 11) is 1.56. The molecule has 0 bridgehead atoms. The van der Waals surface area contributed by atoms with Gasteiger partial charge in [-0.2, -0.15) is 0 Å². The monoisotopic (exact) mass is 732 g/mol. The first-order chi connectivity index (χ1) is 22.2. The van der Waals surface area contributed by atoms with E-state index in [2.05, 4.69) is 54.8 Å². The molecule has 7 nitrogen and oxygen atoms in total. The number of methoxy groups -OCH3 is 1. The molecular weight excluding hydrogens is 691 g/mol. The number of halogens is 1. The molecule has 3 aromatic carbocycles. The molecule has 2 amide bonds. The van der Waals surface area contributed by atoms with Gasteiger partial charge in [0.15, 0.2) is 11.5 Å². The first-order valence-corrected chi connectivity index (χ1v) is 17.2. The van der Waals surface area contributed by atoms with Gasteiger partial charge in [0, 0.05) is 17.3 Å². The SMILES string of the molecule is CC/C(=C\c1cc(I)c(O)c(OC)c1)CC[C@H]1OC[C@H]2C1=C(C(C)C)C[C@H]1C(=O)N(c3ccc(Nc4ccccc4)cc3)C(=O)[C@H]12. The van der Waals surface area contributed by atoms with Gasteiger partial charge in [-0.25, -0.2) is 0 Å². The number of para-hydroxylation sites is 1. The van der Waals surface area contributed by atoms with Crippen LogP contribution in [0.2, 0.25) is 0 Å². The van der Waals surface area contributed by atoms with E-state index in [1.165, 1.54) is 21.6 Å². The van der Waals surface area contributed by atoms with Crippen LogP contribution in [-0.4, -0.2) is 36.7 Å². The lowest BCUT2D eigenvalue weighted by atomic mass is 9.67. The second kappa shape index (κ2) is 13.6. The Morgan fingerprint density at radius 3 is 2.46 bits per heavy atom. The third-order valence-electron chi connectivity index (χ3n) is 9.65. The molecule has 2 aliphatic heterocycles. The Morgan fingerprint density at radius 1 is 1.07 bits per heavy atom. The van der Waals surface area contributed by atoms with Crippen LogP contribution in [-0.2, 0) is 14.3 Å². The number of fused-ring (bicyclic) bond motifs is 3. The summed E-state index contributed by atoms with van der Waals surface area (Å²) >= 11 is 2.12.